The van der Waals surface area contributed by atoms with E-state index < -0.39 is 26.5 Å². The van der Waals surface area contributed by atoms with Gasteiger partial charge in [-0.05, 0) is 109 Å². The minimum atomic E-state index is -4.40. The predicted octanol–water partition coefficient (Wildman–Crippen LogP) is 19.7. The van der Waals surface area contributed by atoms with Gasteiger partial charge in [0.2, 0.25) is 0 Å². The van der Waals surface area contributed by atoms with Crippen LogP contribution in [0.25, 0.3) is 0 Å². The first-order valence-corrected chi connectivity index (χ1v) is 32.4. The number of rotatable bonds is 55. The first-order chi connectivity index (χ1) is 38.0. The van der Waals surface area contributed by atoms with E-state index in [1.165, 1.54) is 70.6 Å². The van der Waals surface area contributed by atoms with E-state index in [2.05, 4.69) is 148 Å². The molecule has 0 aliphatic carbocycles. The standard InChI is InChI=1S/C68H114NO8P/c1-6-8-10-12-14-16-18-20-22-24-26-28-29-30-31-32-33-34-35-36-37-38-39-41-43-45-47-49-51-53-55-57-59-61-68(71)77-66(65-76-78(72,73)75-63-62-69(3,4)5)64-74-67(70)60-58-56-54-52-50-48-46-44-42-40-27-25-23-21-19-17-15-13-11-9-7-2/h8-11,14-17,20-23,26-28,30-31,33-34,36-37,40,66H,6-7,12-13,18-19,24-25,29,32,35,38-39,41-65H2,1-5H3/p+1/b10-8-,11-9-,16-14-,17-15-,22-20-,23-21-,28-26-,31-30-,34-33-,37-36-,40-27-. The van der Waals surface area contributed by atoms with Crippen LogP contribution in [0.15, 0.2) is 134 Å². The molecule has 9 nitrogen and oxygen atoms in total. The SMILES string of the molecule is CC/C=C\C/C=C\C/C=C\C/C=C\C/C=C\C/C=C\C/C=C\CCCCCCCCCCCCCC(=O)OC(COC(=O)CCCCCCCCCC/C=C\C/C=C\C/C=C\C/C=C\CC)COP(=O)(O)OCC[N+](C)(C)C. The number of carbonyl (C=O) groups is 2. The van der Waals surface area contributed by atoms with Gasteiger partial charge in [-0.15, -0.1) is 0 Å². The number of phosphoric ester groups is 1. The molecule has 0 bridgehead atoms. The third kappa shape index (κ3) is 61.4. The molecule has 0 saturated heterocycles. The Labute approximate surface area is 479 Å². The van der Waals surface area contributed by atoms with Gasteiger partial charge in [-0.25, -0.2) is 4.57 Å². The molecule has 0 aromatic carbocycles. The number of hydrogen-bond acceptors (Lipinski definition) is 7. The number of ether oxygens (including phenoxy) is 2. The highest BCUT2D eigenvalue weighted by Gasteiger charge is 2.27. The monoisotopic (exact) mass is 1100 g/mol. The molecule has 0 saturated carbocycles. The molecule has 0 aliphatic heterocycles. The number of unbranched alkanes of at least 4 members (excludes halogenated alkanes) is 19. The zero-order valence-corrected chi connectivity index (χ0v) is 51.2. The van der Waals surface area contributed by atoms with E-state index in [4.69, 9.17) is 18.5 Å². The molecule has 0 aromatic rings. The fraction of sp³-hybridized carbons (Fsp3) is 0.647. The predicted molar refractivity (Wildman–Crippen MR) is 334 cm³/mol. The third-order valence-electron chi connectivity index (χ3n) is 12.7. The van der Waals surface area contributed by atoms with Gasteiger partial charge in [-0.2, -0.15) is 0 Å². The van der Waals surface area contributed by atoms with Gasteiger partial charge in [0.1, 0.15) is 19.8 Å². The summed E-state index contributed by atoms with van der Waals surface area (Å²) in [5.41, 5.74) is 0. The summed E-state index contributed by atoms with van der Waals surface area (Å²) in [7, 11) is 1.45. The molecule has 0 aromatic heterocycles. The van der Waals surface area contributed by atoms with E-state index in [0.29, 0.717) is 17.4 Å². The Bertz CT molecular complexity index is 1780. The van der Waals surface area contributed by atoms with Crippen LogP contribution < -0.4 is 0 Å². The van der Waals surface area contributed by atoms with E-state index in [9.17, 15) is 19.0 Å². The van der Waals surface area contributed by atoms with Crippen molar-refractivity contribution in [3.8, 4) is 0 Å². The maximum Gasteiger partial charge on any atom is 0.472 e. The molecule has 10 heteroatoms. The lowest BCUT2D eigenvalue weighted by molar-refractivity contribution is -0.870. The van der Waals surface area contributed by atoms with Crippen molar-refractivity contribution in [1.29, 1.82) is 0 Å². The number of likely N-dealkylation sites (N-methyl/N-ethyl adjacent to an activating group) is 1. The van der Waals surface area contributed by atoms with E-state index >= 15 is 0 Å². The van der Waals surface area contributed by atoms with E-state index in [1.54, 1.807) is 0 Å². The Morgan fingerprint density at radius 2 is 0.692 bits per heavy atom. The van der Waals surface area contributed by atoms with Crippen LogP contribution in [-0.2, 0) is 32.7 Å². The number of nitrogens with zero attached hydrogens (tertiary/aromatic N) is 1. The fourth-order valence-corrected chi connectivity index (χ4v) is 8.73. The van der Waals surface area contributed by atoms with Crippen LogP contribution in [-0.4, -0.2) is 74.9 Å². The highest BCUT2D eigenvalue weighted by Crippen LogP contribution is 2.43. The summed E-state index contributed by atoms with van der Waals surface area (Å²) < 4.78 is 34.6. The second kappa shape index (κ2) is 57.8. The summed E-state index contributed by atoms with van der Waals surface area (Å²) in [6, 6.07) is 0. The quantitative estimate of drug-likeness (QED) is 0.0211. The van der Waals surface area contributed by atoms with Crippen molar-refractivity contribution in [3.05, 3.63) is 134 Å². The molecule has 2 atom stereocenters. The maximum absolute atomic E-state index is 12.8. The zero-order chi connectivity index (χ0) is 57.0. The number of quaternary nitrogens is 1. The van der Waals surface area contributed by atoms with Crippen LogP contribution in [0.4, 0.5) is 0 Å². The molecule has 444 valence electrons. The lowest BCUT2D eigenvalue weighted by Crippen LogP contribution is -2.37. The van der Waals surface area contributed by atoms with Crippen LogP contribution in [0, 0.1) is 0 Å². The second-order valence-electron chi connectivity index (χ2n) is 21.3. The molecule has 0 heterocycles. The lowest BCUT2D eigenvalue weighted by Gasteiger charge is -2.24. The Morgan fingerprint density at radius 1 is 0.397 bits per heavy atom. The van der Waals surface area contributed by atoms with Gasteiger partial charge in [0, 0.05) is 12.8 Å². The van der Waals surface area contributed by atoms with Crippen molar-refractivity contribution < 1.29 is 42.1 Å². The smallest absolute Gasteiger partial charge is 0.462 e. The highest BCUT2D eigenvalue weighted by molar-refractivity contribution is 7.47. The number of allylic oxidation sites excluding steroid dienone is 22. The zero-order valence-electron chi connectivity index (χ0n) is 50.3. The Kier molecular flexibility index (Phi) is 55.0. The summed E-state index contributed by atoms with van der Waals surface area (Å²) in [5, 5.41) is 0. The molecule has 0 fully saturated rings. The molecular formula is C68H115NO8P+. The molecule has 0 rings (SSSR count). The van der Waals surface area contributed by atoms with Crippen molar-refractivity contribution in [2.24, 2.45) is 0 Å². The van der Waals surface area contributed by atoms with Gasteiger partial charge in [0.25, 0.3) is 0 Å². The van der Waals surface area contributed by atoms with Gasteiger partial charge in [0.15, 0.2) is 6.10 Å². The van der Waals surface area contributed by atoms with Crippen molar-refractivity contribution in [1.82, 2.24) is 0 Å². The van der Waals surface area contributed by atoms with Crippen molar-refractivity contribution in [2.75, 3.05) is 47.5 Å². The highest BCUT2D eigenvalue weighted by atomic mass is 31.2. The fourth-order valence-electron chi connectivity index (χ4n) is 7.99. The van der Waals surface area contributed by atoms with Crippen LogP contribution in [0.3, 0.4) is 0 Å². The van der Waals surface area contributed by atoms with Crippen LogP contribution >= 0.6 is 7.82 Å². The molecule has 2 unspecified atom stereocenters. The minimum absolute atomic E-state index is 0.0230. The van der Waals surface area contributed by atoms with E-state index in [-0.39, 0.29) is 32.0 Å². The van der Waals surface area contributed by atoms with Crippen molar-refractivity contribution in [2.45, 2.75) is 238 Å². The molecule has 0 aliphatic rings. The number of carbonyl (C=O) groups excluding carboxylic acids is 2. The van der Waals surface area contributed by atoms with Gasteiger partial charge in [0.05, 0.1) is 27.7 Å². The van der Waals surface area contributed by atoms with Crippen molar-refractivity contribution in [3.63, 3.8) is 0 Å². The second-order valence-corrected chi connectivity index (χ2v) is 22.8. The lowest BCUT2D eigenvalue weighted by atomic mass is 10.0. The molecular weight excluding hydrogens is 990 g/mol. The van der Waals surface area contributed by atoms with Crippen LogP contribution in [0.2, 0.25) is 0 Å². The Hall–Kier alpha value is -3.85. The number of hydrogen-bond donors (Lipinski definition) is 1. The summed E-state index contributed by atoms with van der Waals surface area (Å²) in [6.07, 6.45) is 83.8. The average Bonchev–Trinajstić information content (AvgIpc) is 3.41. The Balaban J connectivity index is 4.16. The summed E-state index contributed by atoms with van der Waals surface area (Å²) in [4.78, 5) is 35.8. The van der Waals surface area contributed by atoms with Gasteiger partial charge >= 0.3 is 19.8 Å². The largest absolute Gasteiger partial charge is 0.472 e. The minimum Gasteiger partial charge on any atom is -0.462 e. The van der Waals surface area contributed by atoms with E-state index in [1.807, 2.05) is 21.1 Å². The van der Waals surface area contributed by atoms with Gasteiger partial charge in [-0.1, -0.05) is 244 Å². The average molecular weight is 1110 g/mol. The maximum atomic E-state index is 12.8. The number of esters is 2. The summed E-state index contributed by atoms with van der Waals surface area (Å²) in [6.45, 7) is 4.19. The van der Waals surface area contributed by atoms with Crippen LogP contribution in [0.1, 0.15) is 232 Å². The first kappa shape index (κ1) is 74.2. The third-order valence-corrected chi connectivity index (χ3v) is 13.7. The van der Waals surface area contributed by atoms with Gasteiger partial charge < -0.3 is 18.9 Å². The first-order valence-electron chi connectivity index (χ1n) is 30.9. The molecule has 78 heavy (non-hydrogen) atoms. The van der Waals surface area contributed by atoms with Gasteiger partial charge in [-0.3, -0.25) is 18.6 Å². The Morgan fingerprint density at radius 3 is 1.03 bits per heavy atom. The number of phosphoric acid groups is 1. The summed E-state index contributed by atoms with van der Waals surface area (Å²) in [5.74, 6) is -0.816. The van der Waals surface area contributed by atoms with Crippen LogP contribution in [0.5, 0.6) is 0 Å². The summed E-state index contributed by atoms with van der Waals surface area (Å²) >= 11 is 0. The van der Waals surface area contributed by atoms with Crippen molar-refractivity contribution >= 4 is 19.8 Å². The topological polar surface area (TPSA) is 108 Å². The molecule has 1 N–H and O–H groups in total. The normalized spacial score (nSPS) is 14.2. The molecule has 0 amide bonds. The molecule has 0 radical (unpaired) electrons. The molecule has 0 spiro atoms. The van der Waals surface area contributed by atoms with E-state index in [0.717, 1.165) is 128 Å².